The van der Waals surface area contributed by atoms with Crippen LogP contribution in [0.25, 0.3) is 0 Å². The lowest BCUT2D eigenvalue weighted by Gasteiger charge is -2.19. The van der Waals surface area contributed by atoms with Crippen molar-refractivity contribution in [1.29, 1.82) is 0 Å². The molecule has 0 aliphatic carbocycles. The molecule has 1 atom stereocenters. The van der Waals surface area contributed by atoms with Crippen LogP contribution in [0, 0.1) is 20.8 Å². The van der Waals surface area contributed by atoms with Gasteiger partial charge >= 0.3 is 0 Å². The lowest BCUT2D eigenvalue weighted by atomic mass is 9.96. The molecule has 0 saturated carbocycles. The average Bonchev–Trinajstić information content (AvgIpc) is 2.33. The summed E-state index contributed by atoms with van der Waals surface area (Å²) in [7, 11) is -0.00673. The smallest absolute Gasteiger partial charge is 0.214 e. The summed E-state index contributed by atoms with van der Waals surface area (Å²) in [6.45, 7) is 8.82. The van der Waals surface area contributed by atoms with E-state index in [4.69, 9.17) is 0 Å². The van der Waals surface area contributed by atoms with Crippen molar-refractivity contribution in [1.82, 2.24) is 9.62 Å². The molecule has 0 aliphatic heterocycles. The van der Waals surface area contributed by atoms with Gasteiger partial charge in [-0.15, -0.1) is 0 Å². The van der Waals surface area contributed by atoms with Gasteiger partial charge in [-0.05, 0) is 49.9 Å². The van der Waals surface area contributed by atoms with Crippen LogP contribution < -0.4 is 5.32 Å². The zero-order valence-corrected chi connectivity index (χ0v) is 14.1. The molecule has 1 N–H and O–H groups in total. The number of sulfonamides is 1. The van der Waals surface area contributed by atoms with Crippen LogP contribution in [0.2, 0.25) is 0 Å². The Bertz CT molecular complexity index is 565. The lowest BCUT2D eigenvalue weighted by Crippen LogP contribution is -2.32. The third-order valence-corrected chi connectivity index (χ3v) is 5.55. The molecule has 0 aliphatic rings. The Kier molecular flexibility index (Phi) is 5.74. The molecule has 1 aromatic rings. The van der Waals surface area contributed by atoms with Crippen LogP contribution in [0.1, 0.15) is 35.2 Å². The fourth-order valence-electron chi connectivity index (χ4n) is 2.15. The monoisotopic (exact) mass is 298 g/mol. The van der Waals surface area contributed by atoms with Gasteiger partial charge in [0.2, 0.25) is 10.0 Å². The Hall–Kier alpha value is -0.910. The van der Waals surface area contributed by atoms with Crippen molar-refractivity contribution in [2.24, 2.45) is 0 Å². The molecule has 0 amide bonds. The predicted molar refractivity (Wildman–Crippen MR) is 84.5 cm³/mol. The van der Waals surface area contributed by atoms with Crippen LogP contribution in [-0.4, -0.2) is 39.1 Å². The zero-order chi connectivity index (χ0) is 15.5. The van der Waals surface area contributed by atoms with E-state index in [0.29, 0.717) is 6.54 Å². The van der Waals surface area contributed by atoms with E-state index >= 15 is 0 Å². The van der Waals surface area contributed by atoms with Crippen LogP contribution >= 0.6 is 0 Å². The zero-order valence-electron chi connectivity index (χ0n) is 13.3. The Morgan fingerprint density at radius 1 is 1.10 bits per heavy atom. The minimum atomic E-state index is -3.13. The Morgan fingerprint density at radius 3 is 2.20 bits per heavy atom. The van der Waals surface area contributed by atoms with E-state index in [1.807, 2.05) is 0 Å². The SMILES string of the molecule is Cc1cc(C)c(C(C)NCCS(=O)(=O)N(C)C)cc1C. The van der Waals surface area contributed by atoms with Crippen LogP contribution in [0.3, 0.4) is 0 Å². The highest BCUT2D eigenvalue weighted by molar-refractivity contribution is 7.89. The molecule has 1 aromatic carbocycles. The second-order valence-electron chi connectivity index (χ2n) is 5.57. The third-order valence-electron chi connectivity index (χ3n) is 3.72. The van der Waals surface area contributed by atoms with Gasteiger partial charge in [0.1, 0.15) is 0 Å². The molecule has 0 spiro atoms. The highest BCUT2D eigenvalue weighted by atomic mass is 32.2. The van der Waals surface area contributed by atoms with Crippen molar-refractivity contribution in [2.75, 3.05) is 26.4 Å². The van der Waals surface area contributed by atoms with Crippen molar-refractivity contribution < 1.29 is 8.42 Å². The number of rotatable bonds is 6. The number of hydrogen-bond donors (Lipinski definition) is 1. The molecule has 1 rings (SSSR count). The van der Waals surface area contributed by atoms with Crippen molar-refractivity contribution in [2.45, 2.75) is 33.7 Å². The summed E-state index contributed by atoms with van der Waals surface area (Å²) in [6, 6.07) is 4.51. The molecule has 0 aromatic heterocycles. The largest absolute Gasteiger partial charge is 0.309 e. The summed E-state index contributed by atoms with van der Waals surface area (Å²) < 4.78 is 24.7. The molecule has 0 heterocycles. The number of hydrogen-bond acceptors (Lipinski definition) is 3. The van der Waals surface area contributed by atoms with E-state index in [9.17, 15) is 8.42 Å². The average molecular weight is 298 g/mol. The van der Waals surface area contributed by atoms with Crippen LogP contribution in [0.15, 0.2) is 12.1 Å². The summed E-state index contributed by atoms with van der Waals surface area (Å²) in [5.74, 6) is 0.119. The summed E-state index contributed by atoms with van der Waals surface area (Å²) >= 11 is 0. The van der Waals surface area contributed by atoms with Gasteiger partial charge in [0, 0.05) is 26.7 Å². The molecule has 0 saturated heterocycles. The number of nitrogens with one attached hydrogen (secondary N) is 1. The standard InChI is InChI=1S/C15H26N2O2S/c1-11-9-13(3)15(10-12(11)2)14(4)16-7-8-20(18,19)17(5)6/h9-10,14,16H,7-8H2,1-6H3. The van der Waals surface area contributed by atoms with Crippen molar-refractivity contribution in [3.8, 4) is 0 Å². The first-order valence-corrected chi connectivity index (χ1v) is 8.47. The molecule has 114 valence electrons. The third kappa shape index (κ3) is 4.30. The summed E-state index contributed by atoms with van der Waals surface area (Å²) in [4.78, 5) is 0. The number of nitrogens with zero attached hydrogens (tertiary/aromatic N) is 1. The van der Waals surface area contributed by atoms with Crippen LogP contribution in [0.5, 0.6) is 0 Å². The quantitative estimate of drug-likeness (QED) is 0.875. The van der Waals surface area contributed by atoms with Crippen molar-refractivity contribution >= 4 is 10.0 Å². The van der Waals surface area contributed by atoms with E-state index in [2.05, 4.69) is 45.1 Å². The Morgan fingerprint density at radius 2 is 1.65 bits per heavy atom. The van der Waals surface area contributed by atoms with Gasteiger partial charge < -0.3 is 5.32 Å². The Balaban J connectivity index is 2.69. The van der Waals surface area contributed by atoms with Gasteiger partial charge in [-0.25, -0.2) is 12.7 Å². The van der Waals surface area contributed by atoms with Crippen molar-refractivity contribution in [3.63, 3.8) is 0 Å². The molecular weight excluding hydrogens is 272 g/mol. The second kappa shape index (κ2) is 6.70. The summed E-state index contributed by atoms with van der Waals surface area (Å²) in [5.41, 5.74) is 5.02. The normalized spacial score (nSPS) is 13.8. The predicted octanol–water partition coefficient (Wildman–Crippen LogP) is 2.15. The van der Waals surface area contributed by atoms with Gasteiger partial charge in [-0.3, -0.25) is 0 Å². The van der Waals surface area contributed by atoms with E-state index in [1.54, 1.807) is 14.1 Å². The highest BCUT2D eigenvalue weighted by Crippen LogP contribution is 2.21. The van der Waals surface area contributed by atoms with Gasteiger partial charge in [0.15, 0.2) is 0 Å². The first-order chi connectivity index (χ1) is 9.15. The maximum absolute atomic E-state index is 11.7. The molecule has 1 unspecified atom stereocenters. The van der Waals surface area contributed by atoms with Crippen LogP contribution in [0.4, 0.5) is 0 Å². The molecule has 5 heteroatoms. The lowest BCUT2D eigenvalue weighted by molar-refractivity contribution is 0.512. The first-order valence-electron chi connectivity index (χ1n) is 6.86. The highest BCUT2D eigenvalue weighted by Gasteiger charge is 2.15. The molecule has 4 nitrogen and oxygen atoms in total. The van der Waals surface area contributed by atoms with Gasteiger partial charge in [-0.1, -0.05) is 12.1 Å². The minimum absolute atomic E-state index is 0.119. The van der Waals surface area contributed by atoms with E-state index in [-0.39, 0.29) is 11.8 Å². The molecule has 0 bridgehead atoms. The summed E-state index contributed by atoms with van der Waals surface area (Å²) in [5, 5.41) is 3.29. The fourth-order valence-corrected chi connectivity index (χ4v) is 2.89. The minimum Gasteiger partial charge on any atom is -0.309 e. The fraction of sp³-hybridized carbons (Fsp3) is 0.600. The first kappa shape index (κ1) is 17.1. The molecule has 20 heavy (non-hydrogen) atoms. The maximum Gasteiger partial charge on any atom is 0.214 e. The second-order valence-corrected chi connectivity index (χ2v) is 7.87. The topological polar surface area (TPSA) is 49.4 Å². The van der Waals surface area contributed by atoms with Gasteiger partial charge in [0.25, 0.3) is 0 Å². The number of benzene rings is 1. The summed E-state index contributed by atoms with van der Waals surface area (Å²) in [6.07, 6.45) is 0. The van der Waals surface area contributed by atoms with E-state index in [1.165, 1.54) is 26.6 Å². The maximum atomic E-state index is 11.7. The van der Waals surface area contributed by atoms with E-state index < -0.39 is 10.0 Å². The number of aryl methyl sites for hydroxylation is 3. The molecular formula is C15H26N2O2S. The molecule has 0 fully saturated rings. The molecule has 0 radical (unpaired) electrons. The van der Waals surface area contributed by atoms with E-state index in [0.717, 1.165) is 0 Å². The van der Waals surface area contributed by atoms with Crippen molar-refractivity contribution in [3.05, 3.63) is 34.4 Å². The Labute approximate surface area is 123 Å². The van der Waals surface area contributed by atoms with Gasteiger partial charge in [-0.2, -0.15) is 0 Å². The van der Waals surface area contributed by atoms with Gasteiger partial charge in [0.05, 0.1) is 5.75 Å². The van der Waals surface area contributed by atoms with Crippen LogP contribution in [-0.2, 0) is 10.0 Å².